The number of imidazole rings is 1. The highest BCUT2D eigenvalue weighted by Gasteiger charge is 2.33. The summed E-state index contributed by atoms with van der Waals surface area (Å²) in [5.74, 6) is -0.263. The fourth-order valence-electron chi connectivity index (χ4n) is 3.54. The van der Waals surface area contributed by atoms with Gasteiger partial charge < -0.3 is 14.8 Å². The van der Waals surface area contributed by atoms with Crippen LogP contribution in [0.1, 0.15) is 27.3 Å². The number of aromatic amines is 1. The number of aromatic nitrogens is 2. The lowest BCUT2D eigenvalue weighted by atomic mass is 10.1. The number of aryl methyl sites for hydroxylation is 1. The average molecular weight is 383 g/mol. The number of halogens is 1. The van der Waals surface area contributed by atoms with Crippen LogP contribution in [0.15, 0.2) is 42.5 Å². The summed E-state index contributed by atoms with van der Waals surface area (Å²) in [6.45, 7) is 3.60. The summed E-state index contributed by atoms with van der Waals surface area (Å²) in [5.41, 5.74) is 4.17. The Morgan fingerprint density at radius 2 is 2.07 bits per heavy atom. The van der Waals surface area contributed by atoms with E-state index < -0.39 is 18.2 Å². The Morgan fingerprint density at radius 3 is 2.82 bits per heavy atom. The zero-order valence-corrected chi connectivity index (χ0v) is 15.6. The minimum Gasteiger partial charge on any atom is -0.478 e. The van der Waals surface area contributed by atoms with Gasteiger partial charge in [-0.05, 0) is 42.3 Å². The Labute approximate surface area is 162 Å². The first-order chi connectivity index (χ1) is 13.5. The Morgan fingerprint density at radius 1 is 1.29 bits per heavy atom. The van der Waals surface area contributed by atoms with Crippen molar-refractivity contribution >= 4 is 17.0 Å². The molecule has 0 amide bonds. The van der Waals surface area contributed by atoms with Crippen LogP contribution in [-0.2, 0) is 17.9 Å². The molecule has 1 aromatic heterocycles. The lowest BCUT2D eigenvalue weighted by Gasteiger charge is -2.15. The molecule has 1 aliphatic heterocycles. The predicted molar refractivity (Wildman–Crippen MR) is 103 cm³/mol. The van der Waals surface area contributed by atoms with Crippen LogP contribution in [-0.4, -0.2) is 51.3 Å². The van der Waals surface area contributed by atoms with Gasteiger partial charge in [0, 0.05) is 19.6 Å². The van der Waals surface area contributed by atoms with Crippen molar-refractivity contribution in [2.75, 3.05) is 13.1 Å². The van der Waals surface area contributed by atoms with Gasteiger partial charge in [-0.15, -0.1) is 0 Å². The fourth-order valence-corrected chi connectivity index (χ4v) is 3.54. The SMILES string of the molecule is Cc1ccc2nc(COC3CN(Cc4ccc(C(=O)O)cc4)CC3F)[nH]c2c1. The van der Waals surface area contributed by atoms with Crippen LogP contribution in [0, 0.1) is 6.92 Å². The number of carbonyl (C=O) groups is 1. The summed E-state index contributed by atoms with van der Waals surface area (Å²) in [6, 6.07) is 12.6. The van der Waals surface area contributed by atoms with Crippen molar-refractivity contribution in [3.63, 3.8) is 0 Å². The number of nitrogens with zero attached hydrogens (tertiary/aromatic N) is 2. The molecule has 2 unspecified atom stereocenters. The largest absolute Gasteiger partial charge is 0.478 e. The van der Waals surface area contributed by atoms with E-state index in [1.165, 1.54) is 0 Å². The minimum atomic E-state index is -1.06. The number of carboxylic acid groups (broad SMARTS) is 1. The van der Waals surface area contributed by atoms with Crippen LogP contribution in [0.2, 0.25) is 0 Å². The van der Waals surface area contributed by atoms with Gasteiger partial charge in [-0.1, -0.05) is 18.2 Å². The molecule has 2 atom stereocenters. The van der Waals surface area contributed by atoms with E-state index in [0.29, 0.717) is 25.5 Å². The number of fused-ring (bicyclic) bond motifs is 1. The molecular weight excluding hydrogens is 361 g/mol. The second-order valence-electron chi connectivity index (χ2n) is 7.27. The number of likely N-dealkylation sites (tertiary alicyclic amines) is 1. The standard InChI is InChI=1S/C21H22FN3O3/c1-13-2-7-17-18(8-13)24-20(23-17)12-28-19-11-25(10-16(19)22)9-14-3-5-15(6-4-14)21(26)27/h2-8,16,19H,9-12H2,1H3,(H,23,24)(H,26,27). The normalized spacial score (nSPS) is 20.1. The summed E-state index contributed by atoms with van der Waals surface area (Å²) in [6.07, 6.45) is -1.57. The number of carboxylic acids is 1. The molecule has 0 radical (unpaired) electrons. The number of alkyl halides is 1. The minimum absolute atomic E-state index is 0.236. The van der Waals surface area contributed by atoms with Gasteiger partial charge in [0.2, 0.25) is 0 Å². The number of nitrogens with one attached hydrogen (secondary N) is 1. The number of hydrogen-bond acceptors (Lipinski definition) is 4. The quantitative estimate of drug-likeness (QED) is 0.683. The third-order valence-corrected chi connectivity index (χ3v) is 5.00. The van der Waals surface area contributed by atoms with Gasteiger partial charge in [0.1, 0.15) is 24.7 Å². The number of H-pyrrole nitrogens is 1. The van der Waals surface area contributed by atoms with E-state index in [0.717, 1.165) is 22.2 Å². The monoisotopic (exact) mass is 383 g/mol. The zero-order chi connectivity index (χ0) is 19.7. The number of ether oxygens (including phenoxy) is 1. The zero-order valence-electron chi connectivity index (χ0n) is 15.6. The van der Waals surface area contributed by atoms with E-state index in [1.54, 1.807) is 24.3 Å². The smallest absolute Gasteiger partial charge is 0.335 e. The predicted octanol–water partition coefficient (Wildman–Crippen LogP) is 3.31. The van der Waals surface area contributed by atoms with Crippen LogP contribution in [0.5, 0.6) is 0 Å². The molecule has 1 saturated heterocycles. The summed E-state index contributed by atoms with van der Waals surface area (Å²) in [7, 11) is 0. The van der Waals surface area contributed by atoms with E-state index in [9.17, 15) is 9.18 Å². The molecule has 4 rings (SSSR count). The van der Waals surface area contributed by atoms with E-state index >= 15 is 0 Å². The second kappa shape index (κ2) is 7.69. The molecule has 7 heteroatoms. The highest BCUT2D eigenvalue weighted by Crippen LogP contribution is 2.21. The van der Waals surface area contributed by atoms with E-state index in [1.807, 2.05) is 30.0 Å². The number of rotatable bonds is 6. The highest BCUT2D eigenvalue weighted by molar-refractivity contribution is 5.87. The Hall–Kier alpha value is -2.77. The molecule has 3 aromatic rings. The molecule has 0 aliphatic carbocycles. The molecule has 28 heavy (non-hydrogen) atoms. The molecule has 1 fully saturated rings. The van der Waals surface area contributed by atoms with Gasteiger partial charge in [0.25, 0.3) is 0 Å². The van der Waals surface area contributed by atoms with Crippen molar-refractivity contribution in [3.05, 3.63) is 65.0 Å². The van der Waals surface area contributed by atoms with Crippen LogP contribution < -0.4 is 0 Å². The van der Waals surface area contributed by atoms with Crippen molar-refractivity contribution < 1.29 is 19.0 Å². The van der Waals surface area contributed by atoms with Gasteiger partial charge in [0.15, 0.2) is 0 Å². The van der Waals surface area contributed by atoms with Crippen molar-refractivity contribution in [3.8, 4) is 0 Å². The lowest BCUT2D eigenvalue weighted by molar-refractivity contribution is 0.00864. The maximum atomic E-state index is 14.4. The van der Waals surface area contributed by atoms with Gasteiger partial charge in [-0.25, -0.2) is 14.2 Å². The van der Waals surface area contributed by atoms with Crippen LogP contribution in [0.3, 0.4) is 0 Å². The fraction of sp³-hybridized carbons (Fsp3) is 0.333. The molecule has 2 N–H and O–H groups in total. The maximum Gasteiger partial charge on any atom is 0.335 e. The van der Waals surface area contributed by atoms with E-state index in [-0.39, 0.29) is 12.2 Å². The van der Waals surface area contributed by atoms with Crippen molar-refractivity contribution in [2.24, 2.45) is 0 Å². The molecular formula is C21H22FN3O3. The first-order valence-corrected chi connectivity index (χ1v) is 9.23. The van der Waals surface area contributed by atoms with Crippen LogP contribution >= 0.6 is 0 Å². The molecule has 6 nitrogen and oxygen atoms in total. The third kappa shape index (κ3) is 4.05. The van der Waals surface area contributed by atoms with E-state index in [2.05, 4.69) is 9.97 Å². The molecule has 0 bridgehead atoms. The first-order valence-electron chi connectivity index (χ1n) is 9.23. The molecule has 1 aliphatic rings. The molecule has 2 heterocycles. The molecule has 146 valence electrons. The Balaban J connectivity index is 1.33. The summed E-state index contributed by atoms with van der Waals surface area (Å²) >= 11 is 0. The molecule has 2 aromatic carbocycles. The third-order valence-electron chi connectivity index (χ3n) is 5.00. The van der Waals surface area contributed by atoms with Gasteiger partial charge in [0.05, 0.1) is 16.6 Å². The van der Waals surface area contributed by atoms with Gasteiger partial charge in [-0.2, -0.15) is 0 Å². The van der Waals surface area contributed by atoms with Gasteiger partial charge >= 0.3 is 5.97 Å². The Kier molecular flexibility index (Phi) is 5.11. The second-order valence-corrected chi connectivity index (χ2v) is 7.27. The Bertz CT molecular complexity index is 986. The summed E-state index contributed by atoms with van der Waals surface area (Å²) in [4.78, 5) is 20.6. The van der Waals surface area contributed by atoms with Crippen LogP contribution in [0.4, 0.5) is 4.39 Å². The van der Waals surface area contributed by atoms with E-state index in [4.69, 9.17) is 9.84 Å². The topological polar surface area (TPSA) is 78.4 Å². The van der Waals surface area contributed by atoms with Crippen molar-refractivity contribution in [1.82, 2.24) is 14.9 Å². The van der Waals surface area contributed by atoms with Gasteiger partial charge in [-0.3, -0.25) is 4.90 Å². The highest BCUT2D eigenvalue weighted by atomic mass is 19.1. The molecule has 0 saturated carbocycles. The summed E-state index contributed by atoms with van der Waals surface area (Å²) < 4.78 is 20.2. The first kappa shape index (κ1) is 18.6. The number of aromatic carboxylic acids is 1. The average Bonchev–Trinajstić information content (AvgIpc) is 3.22. The number of benzene rings is 2. The summed E-state index contributed by atoms with van der Waals surface area (Å²) in [5, 5.41) is 8.96. The lowest BCUT2D eigenvalue weighted by Crippen LogP contribution is -2.24. The van der Waals surface area contributed by atoms with Crippen LogP contribution in [0.25, 0.3) is 11.0 Å². The molecule has 0 spiro atoms. The van der Waals surface area contributed by atoms with Crippen molar-refractivity contribution in [2.45, 2.75) is 32.4 Å². The number of hydrogen-bond donors (Lipinski definition) is 2. The maximum absolute atomic E-state index is 14.4. The van der Waals surface area contributed by atoms with Crippen molar-refractivity contribution in [1.29, 1.82) is 0 Å².